The second-order valence-electron chi connectivity index (χ2n) is 6.57. The van der Waals surface area contributed by atoms with Crippen LogP contribution in [0.25, 0.3) is 0 Å². The first-order chi connectivity index (χ1) is 13.0. The highest BCUT2D eigenvalue weighted by atomic mass is 32.2. The van der Waals surface area contributed by atoms with Crippen LogP contribution in [-0.2, 0) is 20.5 Å². The molecule has 0 amide bonds. The van der Waals surface area contributed by atoms with E-state index in [1.165, 1.54) is 12.0 Å². The molecular weight excluding hydrogens is 384 g/mol. The van der Waals surface area contributed by atoms with Crippen LogP contribution >= 0.6 is 11.3 Å². The zero-order chi connectivity index (χ0) is 19.3. The normalized spacial score (nSPS) is 16.3. The number of benzene rings is 1. The van der Waals surface area contributed by atoms with Crippen LogP contribution in [0, 0.1) is 0 Å². The third-order valence-corrected chi connectivity index (χ3v) is 6.95. The Balaban J connectivity index is 1.67. The van der Waals surface area contributed by atoms with Gasteiger partial charge in [0.25, 0.3) is 0 Å². The fraction of sp³-hybridized carbons (Fsp3) is 0.421. The highest BCUT2D eigenvalue weighted by Crippen LogP contribution is 2.28. The molecule has 1 atom stereocenters. The lowest BCUT2D eigenvalue weighted by atomic mass is 10.1. The summed E-state index contributed by atoms with van der Waals surface area (Å²) in [7, 11) is -2.22. The molecule has 0 aliphatic carbocycles. The van der Waals surface area contributed by atoms with E-state index < -0.39 is 16.0 Å². The number of carbonyl (C=O) groups is 1. The van der Waals surface area contributed by atoms with Gasteiger partial charge < -0.3 is 4.74 Å². The smallest absolute Gasteiger partial charge is 0.337 e. The number of rotatable bonds is 8. The minimum absolute atomic E-state index is 0.0590. The number of carbonyl (C=O) groups excluding carboxylic acids is 1. The van der Waals surface area contributed by atoms with E-state index in [1.807, 2.05) is 11.4 Å². The van der Waals surface area contributed by atoms with Crippen molar-refractivity contribution in [3.8, 4) is 0 Å². The Morgan fingerprint density at radius 1 is 1.26 bits per heavy atom. The van der Waals surface area contributed by atoms with Crippen LogP contribution < -0.4 is 4.72 Å². The van der Waals surface area contributed by atoms with Crippen molar-refractivity contribution >= 4 is 27.3 Å². The zero-order valence-electron chi connectivity index (χ0n) is 15.3. The van der Waals surface area contributed by atoms with Gasteiger partial charge in [-0.2, -0.15) is 0 Å². The summed E-state index contributed by atoms with van der Waals surface area (Å²) in [5.74, 6) is -0.649. The molecular formula is C19H24N2O4S2. The molecule has 27 heavy (non-hydrogen) atoms. The third kappa shape index (κ3) is 5.38. The molecule has 0 spiro atoms. The maximum atomic E-state index is 12.6. The number of methoxy groups -OCH3 is 1. The van der Waals surface area contributed by atoms with Gasteiger partial charge in [-0.1, -0.05) is 18.2 Å². The summed E-state index contributed by atoms with van der Waals surface area (Å²) in [6.45, 7) is 2.33. The monoisotopic (exact) mass is 408 g/mol. The van der Waals surface area contributed by atoms with Crippen LogP contribution in [0.4, 0.5) is 0 Å². The predicted molar refractivity (Wildman–Crippen MR) is 106 cm³/mol. The molecule has 2 heterocycles. The molecule has 0 saturated carbocycles. The molecule has 1 N–H and O–H groups in total. The molecule has 1 fully saturated rings. The fourth-order valence-electron chi connectivity index (χ4n) is 3.33. The van der Waals surface area contributed by atoms with Gasteiger partial charge in [-0.3, -0.25) is 4.90 Å². The number of esters is 1. The van der Waals surface area contributed by atoms with Crippen LogP contribution in [0.3, 0.4) is 0 Å². The Bertz CT molecular complexity index is 860. The van der Waals surface area contributed by atoms with E-state index in [1.54, 1.807) is 35.6 Å². The van der Waals surface area contributed by atoms with Crippen molar-refractivity contribution in [3.63, 3.8) is 0 Å². The van der Waals surface area contributed by atoms with Crippen molar-refractivity contribution in [2.45, 2.75) is 24.6 Å². The second kappa shape index (κ2) is 8.97. The van der Waals surface area contributed by atoms with Crippen LogP contribution in [0.1, 0.15) is 39.7 Å². The second-order valence-corrected chi connectivity index (χ2v) is 9.36. The van der Waals surface area contributed by atoms with Gasteiger partial charge in [-0.15, -0.1) is 11.3 Å². The van der Waals surface area contributed by atoms with Gasteiger partial charge in [0.15, 0.2) is 0 Å². The molecule has 3 rings (SSSR count). The van der Waals surface area contributed by atoms with Crippen LogP contribution in [0.2, 0.25) is 0 Å². The largest absolute Gasteiger partial charge is 0.465 e. The van der Waals surface area contributed by atoms with Gasteiger partial charge >= 0.3 is 5.97 Å². The molecule has 1 aliphatic rings. The minimum atomic E-state index is -3.52. The van der Waals surface area contributed by atoms with Crippen molar-refractivity contribution in [1.82, 2.24) is 9.62 Å². The molecule has 1 unspecified atom stereocenters. The minimum Gasteiger partial charge on any atom is -0.465 e. The Morgan fingerprint density at radius 3 is 2.70 bits per heavy atom. The van der Waals surface area contributed by atoms with Crippen molar-refractivity contribution < 1.29 is 17.9 Å². The van der Waals surface area contributed by atoms with Crippen molar-refractivity contribution in [2.24, 2.45) is 0 Å². The number of nitrogens with zero attached hydrogens (tertiary/aromatic N) is 1. The summed E-state index contributed by atoms with van der Waals surface area (Å²) in [6.07, 6.45) is 2.30. The molecule has 0 bridgehead atoms. The molecule has 6 nitrogen and oxygen atoms in total. The van der Waals surface area contributed by atoms with Crippen molar-refractivity contribution in [3.05, 3.63) is 57.8 Å². The molecule has 1 aliphatic heterocycles. The number of sulfonamides is 1. The molecule has 1 saturated heterocycles. The Morgan fingerprint density at radius 2 is 2.04 bits per heavy atom. The zero-order valence-corrected chi connectivity index (χ0v) is 16.9. The summed E-state index contributed by atoms with van der Waals surface area (Å²) in [4.78, 5) is 15.1. The Labute approximate surface area is 164 Å². The average Bonchev–Trinajstić information content (AvgIpc) is 3.35. The lowest BCUT2D eigenvalue weighted by Crippen LogP contribution is -2.36. The number of nitrogens with one attached hydrogen (secondary N) is 1. The first-order valence-electron chi connectivity index (χ1n) is 8.90. The quantitative estimate of drug-likeness (QED) is 0.680. The number of hydrogen-bond donors (Lipinski definition) is 1. The fourth-order valence-corrected chi connectivity index (χ4v) is 5.32. The van der Waals surface area contributed by atoms with Gasteiger partial charge in [0.1, 0.15) is 0 Å². The predicted octanol–water partition coefficient (Wildman–Crippen LogP) is 2.79. The maximum Gasteiger partial charge on any atom is 0.337 e. The molecule has 8 heteroatoms. The maximum absolute atomic E-state index is 12.6. The van der Waals surface area contributed by atoms with E-state index in [2.05, 4.69) is 15.7 Å². The Hall–Kier alpha value is -1.74. The van der Waals surface area contributed by atoms with E-state index >= 15 is 0 Å². The SMILES string of the molecule is COC(=O)c1cccc(CS(=O)(=O)NCC(c2cccs2)N2CCCC2)c1. The van der Waals surface area contributed by atoms with Gasteiger partial charge in [0, 0.05) is 11.4 Å². The van der Waals surface area contributed by atoms with E-state index in [0.717, 1.165) is 25.9 Å². The molecule has 2 aromatic rings. The summed E-state index contributed by atoms with van der Waals surface area (Å²) in [6, 6.07) is 10.6. The number of ether oxygens (including phenoxy) is 1. The van der Waals surface area contributed by atoms with E-state index in [9.17, 15) is 13.2 Å². The topological polar surface area (TPSA) is 75.7 Å². The number of thiophene rings is 1. The molecule has 1 aromatic carbocycles. The summed E-state index contributed by atoms with van der Waals surface area (Å²) in [5.41, 5.74) is 0.901. The lowest BCUT2D eigenvalue weighted by Gasteiger charge is -2.26. The first kappa shape index (κ1) is 20.0. The van der Waals surface area contributed by atoms with Gasteiger partial charge in [-0.05, 0) is 55.1 Å². The van der Waals surface area contributed by atoms with Gasteiger partial charge in [-0.25, -0.2) is 17.9 Å². The number of likely N-dealkylation sites (tertiary alicyclic amines) is 1. The Kier molecular flexibility index (Phi) is 6.64. The van der Waals surface area contributed by atoms with E-state index in [-0.39, 0.29) is 11.8 Å². The van der Waals surface area contributed by atoms with Gasteiger partial charge in [0.05, 0.1) is 24.5 Å². The summed E-state index contributed by atoms with van der Waals surface area (Å²) in [5, 5.41) is 2.02. The standard InChI is InChI=1S/C19H24N2O4S2/c1-25-19(22)16-7-4-6-15(12-16)14-27(23,24)20-13-17(18-8-5-11-26-18)21-9-2-3-10-21/h4-8,11-12,17,20H,2-3,9-10,13-14H2,1H3. The lowest BCUT2D eigenvalue weighted by molar-refractivity contribution is 0.0600. The average molecular weight is 409 g/mol. The molecule has 0 radical (unpaired) electrons. The highest BCUT2D eigenvalue weighted by molar-refractivity contribution is 7.88. The molecule has 146 valence electrons. The first-order valence-corrected chi connectivity index (χ1v) is 11.4. The van der Waals surface area contributed by atoms with Gasteiger partial charge in [0.2, 0.25) is 10.0 Å². The molecule has 1 aromatic heterocycles. The van der Waals surface area contributed by atoms with Crippen LogP contribution in [0.5, 0.6) is 0 Å². The van der Waals surface area contributed by atoms with E-state index in [4.69, 9.17) is 4.74 Å². The van der Waals surface area contributed by atoms with Crippen LogP contribution in [0.15, 0.2) is 41.8 Å². The van der Waals surface area contributed by atoms with Crippen LogP contribution in [-0.4, -0.2) is 46.0 Å². The third-order valence-electron chi connectivity index (χ3n) is 4.65. The van der Waals surface area contributed by atoms with E-state index in [0.29, 0.717) is 17.7 Å². The summed E-state index contributed by atoms with van der Waals surface area (Å²) < 4.78 is 32.6. The highest BCUT2D eigenvalue weighted by Gasteiger charge is 2.26. The van der Waals surface area contributed by atoms with Crippen molar-refractivity contribution in [1.29, 1.82) is 0 Å². The summed E-state index contributed by atoms with van der Waals surface area (Å²) >= 11 is 1.65. The number of hydrogen-bond acceptors (Lipinski definition) is 6. The van der Waals surface area contributed by atoms with Crippen molar-refractivity contribution in [2.75, 3.05) is 26.7 Å².